The van der Waals surface area contributed by atoms with E-state index in [9.17, 15) is 4.79 Å². The van der Waals surface area contributed by atoms with Crippen LogP contribution in [0.4, 0.5) is 5.69 Å². The van der Waals surface area contributed by atoms with Crippen LogP contribution in [-0.4, -0.2) is 14.5 Å². The van der Waals surface area contributed by atoms with Crippen molar-refractivity contribution in [2.45, 2.75) is 0 Å². The van der Waals surface area contributed by atoms with Gasteiger partial charge >= 0.3 is 0 Å². The summed E-state index contributed by atoms with van der Waals surface area (Å²) in [6, 6.07) is 10.9. The van der Waals surface area contributed by atoms with Crippen LogP contribution in [0.2, 0.25) is 0 Å². The number of hydrogen-bond acceptors (Lipinski definition) is 7. The highest BCUT2D eigenvalue weighted by molar-refractivity contribution is 7.12. The topological polar surface area (TPSA) is 78.7 Å². The van der Waals surface area contributed by atoms with Crippen molar-refractivity contribution < 1.29 is 4.79 Å². The Morgan fingerprint density at radius 2 is 2.19 bits per heavy atom. The van der Waals surface area contributed by atoms with E-state index in [-0.39, 0.29) is 11.4 Å². The van der Waals surface area contributed by atoms with Gasteiger partial charge in [-0.05, 0) is 23.6 Å². The maximum Gasteiger partial charge on any atom is 0.214 e. The summed E-state index contributed by atoms with van der Waals surface area (Å²) in [6.45, 7) is 0. The number of nitrogens with one attached hydrogen (secondary N) is 1. The Morgan fingerprint density at radius 1 is 1.29 bits per heavy atom. The Bertz CT molecular complexity index is 859. The standard InChI is InChI=1S/C14H8N4OS2/c15-7-9(14(19)12-5-2-6-20-12)8-16-10-3-1-4-11-13(10)18-21-17-11/h1-6,8,16H/b9-8+. The number of carbonyl (C=O) groups is 1. The number of carbonyl (C=O) groups excluding carboxylic acids is 1. The van der Waals surface area contributed by atoms with Gasteiger partial charge in [-0.1, -0.05) is 12.1 Å². The molecule has 0 radical (unpaired) electrons. The van der Waals surface area contributed by atoms with E-state index in [1.807, 2.05) is 24.3 Å². The highest BCUT2D eigenvalue weighted by Crippen LogP contribution is 2.22. The van der Waals surface area contributed by atoms with Crippen LogP contribution in [0.3, 0.4) is 0 Å². The molecule has 0 aliphatic rings. The van der Waals surface area contributed by atoms with E-state index in [0.29, 0.717) is 10.6 Å². The van der Waals surface area contributed by atoms with E-state index < -0.39 is 0 Å². The van der Waals surface area contributed by atoms with Crippen LogP contribution >= 0.6 is 23.1 Å². The fourth-order valence-electron chi connectivity index (χ4n) is 1.76. The molecule has 0 saturated heterocycles. The summed E-state index contributed by atoms with van der Waals surface area (Å²) < 4.78 is 8.33. The van der Waals surface area contributed by atoms with Crippen molar-refractivity contribution in [1.82, 2.24) is 8.75 Å². The molecule has 0 saturated carbocycles. The molecule has 0 aliphatic carbocycles. The van der Waals surface area contributed by atoms with Crippen molar-refractivity contribution in [1.29, 1.82) is 5.26 Å². The summed E-state index contributed by atoms with van der Waals surface area (Å²) >= 11 is 2.43. The normalized spacial score (nSPS) is 11.3. The third-order valence-electron chi connectivity index (χ3n) is 2.77. The molecule has 0 spiro atoms. The maximum absolute atomic E-state index is 12.1. The minimum atomic E-state index is -0.288. The van der Waals surface area contributed by atoms with Crippen molar-refractivity contribution in [2.24, 2.45) is 0 Å². The molecule has 3 rings (SSSR count). The molecule has 2 aromatic heterocycles. The Labute approximate surface area is 128 Å². The number of nitriles is 1. The predicted molar refractivity (Wildman–Crippen MR) is 83.4 cm³/mol. The van der Waals surface area contributed by atoms with E-state index in [1.54, 1.807) is 17.5 Å². The van der Waals surface area contributed by atoms with Gasteiger partial charge in [0.05, 0.1) is 22.3 Å². The highest BCUT2D eigenvalue weighted by atomic mass is 32.1. The molecule has 5 nitrogen and oxygen atoms in total. The Morgan fingerprint density at radius 3 is 2.95 bits per heavy atom. The molecular weight excluding hydrogens is 304 g/mol. The van der Waals surface area contributed by atoms with Gasteiger partial charge in [0.25, 0.3) is 0 Å². The maximum atomic E-state index is 12.1. The second-order valence-corrected chi connectivity index (χ2v) is 5.53. The number of rotatable bonds is 4. The lowest BCUT2D eigenvalue weighted by Crippen LogP contribution is -2.02. The second kappa shape index (κ2) is 5.83. The summed E-state index contributed by atoms with van der Waals surface area (Å²) in [4.78, 5) is 12.7. The zero-order valence-electron chi connectivity index (χ0n) is 10.6. The number of thiophene rings is 1. The molecule has 1 N–H and O–H groups in total. The Kier molecular flexibility index (Phi) is 3.73. The van der Waals surface area contributed by atoms with E-state index in [2.05, 4.69) is 14.1 Å². The molecule has 102 valence electrons. The lowest BCUT2D eigenvalue weighted by Gasteiger charge is -2.02. The first-order chi connectivity index (χ1) is 10.3. The van der Waals surface area contributed by atoms with E-state index in [0.717, 1.165) is 22.8 Å². The second-order valence-electron chi connectivity index (χ2n) is 4.06. The fourth-order valence-corrected chi connectivity index (χ4v) is 2.99. The summed E-state index contributed by atoms with van der Waals surface area (Å²) in [5.74, 6) is -0.288. The summed E-state index contributed by atoms with van der Waals surface area (Å²) in [5.41, 5.74) is 2.27. The number of nitrogens with zero attached hydrogens (tertiary/aromatic N) is 3. The Hall–Kier alpha value is -2.56. The molecule has 3 aromatic rings. The molecule has 21 heavy (non-hydrogen) atoms. The van der Waals surface area contributed by atoms with Gasteiger partial charge in [0.2, 0.25) is 5.78 Å². The average molecular weight is 312 g/mol. The van der Waals surface area contributed by atoms with Gasteiger partial charge in [-0.2, -0.15) is 14.0 Å². The van der Waals surface area contributed by atoms with Crippen molar-refractivity contribution in [3.63, 3.8) is 0 Å². The zero-order chi connectivity index (χ0) is 14.7. The number of ketones is 1. The van der Waals surface area contributed by atoms with Crippen molar-refractivity contribution in [3.05, 3.63) is 52.4 Å². The fraction of sp³-hybridized carbons (Fsp3) is 0. The number of aromatic nitrogens is 2. The smallest absolute Gasteiger partial charge is 0.214 e. The quantitative estimate of drug-likeness (QED) is 0.453. The average Bonchev–Trinajstić information content (AvgIpc) is 3.19. The lowest BCUT2D eigenvalue weighted by atomic mass is 10.1. The minimum Gasteiger partial charge on any atom is -0.358 e. The number of hydrogen-bond donors (Lipinski definition) is 1. The summed E-state index contributed by atoms with van der Waals surface area (Å²) in [7, 11) is 0. The van der Waals surface area contributed by atoms with Gasteiger partial charge in [-0.3, -0.25) is 4.79 Å². The van der Waals surface area contributed by atoms with Gasteiger partial charge in [-0.15, -0.1) is 11.3 Å². The Balaban J connectivity index is 1.89. The minimum absolute atomic E-state index is 0.0534. The molecule has 0 aliphatic heterocycles. The molecule has 0 amide bonds. The first-order valence-corrected chi connectivity index (χ1v) is 7.57. The number of benzene rings is 1. The van der Waals surface area contributed by atoms with Crippen molar-refractivity contribution >= 4 is 45.6 Å². The zero-order valence-corrected chi connectivity index (χ0v) is 12.2. The number of anilines is 1. The van der Waals surface area contributed by atoms with E-state index in [1.165, 1.54) is 17.5 Å². The SMILES string of the molecule is N#C/C(=C\Nc1cccc2nsnc12)C(=O)c1cccs1. The largest absolute Gasteiger partial charge is 0.358 e. The predicted octanol–water partition coefficient (Wildman–Crippen LogP) is 3.46. The first kappa shape index (κ1) is 13.4. The van der Waals surface area contributed by atoms with Crippen LogP contribution in [0.5, 0.6) is 0 Å². The monoisotopic (exact) mass is 312 g/mol. The van der Waals surface area contributed by atoms with Crippen LogP contribution in [0.15, 0.2) is 47.5 Å². The van der Waals surface area contributed by atoms with Gasteiger partial charge in [0.1, 0.15) is 22.7 Å². The molecule has 0 fully saturated rings. The van der Waals surface area contributed by atoms with Gasteiger partial charge in [-0.25, -0.2) is 0 Å². The molecular formula is C14H8N4OS2. The van der Waals surface area contributed by atoms with Crippen LogP contribution in [0.25, 0.3) is 11.0 Å². The molecule has 0 bridgehead atoms. The molecule has 2 heterocycles. The van der Waals surface area contributed by atoms with Gasteiger partial charge in [0.15, 0.2) is 0 Å². The molecule has 1 aromatic carbocycles. The van der Waals surface area contributed by atoms with E-state index >= 15 is 0 Å². The van der Waals surface area contributed by atoms with Crippen LogP contribution in [0.1, 0.15) is 9.67 Å². The third kappa shape index (κ3) is 2.67. The van der Waals surface area contributed by atoms with Crippen LogP contribution < -0.4 is 5.32 Å². The summed E-state index contributed by atoms with van der Waals surface area (Å²) in [5, 5.41) is 13.9. The molecule has 7 heteroatoms. The van der Waals surface area contributed by atoms with Gasteiger partial charge < -0.3 is 5.32 Å². The van der Waals surface area contributed by atoms with Crippen molar-refractivity contribution in [3.8, 4) is 6.07 Å². The van der Waals surface area contributed by atoms with Crippen LogP contribution in [-0.2, 0) is 0 Å². The van der Waals surface area contributed by atoms with E-state index in [4.69, 9.17) is 5.26 Å². The number of fused-ring (bicyclic) bond motifs is 1. The third-order valence-corrected chi connectivity index (χ3v) is 4.18. The lowest BCUT2D eigenvalue weighted by molar-refractivity contribution is 0.104. The van der Waals surface area contributed by atoms with Crippen LogP contribution in [0, 0.1) is 11.3 Å². The number of allylic oxidation sites excluding steroid dienone is 1. The molecule has 0 unspecified atom stereocenters. The first-order valence-electron chi connectivity index (χ1n) is 5.96. The molecule has 0 atom stereocenters. The number of Topliss-reactive ketones (excluding diaryl/α,β-unsaturated/α-hetero) is 1. The van der Waals surface area contributed by atoms with Crippen molar-refractivity contribution in [2.75, 3.05) is 5.32 Å². The van der Waals surface area contributed by atoms with Gasteiger partial charge in [0, 0.05) is 6.20 Å². The summed E-state index contributed by atoms with van der Waals surface area (Å²) in [6.07, 6.45) is 1.41. The highest BCUT2D eigenvalue weighted by Gasteiger charge is 2.13.